The van der Waals surface area contributed by atoms with Gasteiger partial charge in [0, 0.05) is 6.20 Å². The van der Waals surface area contributed by atoms with Crippen LogP contribution in [0.2, 0.25) is 0 Å². The van der Waals surface area contributed by atoms with E-state index in [1.807, 2.05) is 6.92 Å². The van der Waals surface area contributed by atoms with Gasteiger partial charge in [-0.3, -0.25) is 0 Å². The highest BCUT2D eigenvalue weighted by Gasteiger charge is 2.19. The van der Waals surface area contributed by atoms with Gasteiger partial charge in [0.15, 0.2) is 5.65 Å². The van der Waals surface area contributed by atoms with Crippen LogP contribution in [0.4, 0.5) is 0 Å². The van der Waals surface area contributed by atoms with Crippen molar-refractivity contribution in [1.82, 2.24) is 13.9 Å². The summed E-state index contributed by atoms with van der Waals surface area (Å²) in [6.45, 7) is 1.81. The molecule has 0 aliphatic carbocycles. The lowest BCUT2D eigenvalue weighted by molar-refractivity contribution is 0.588. The van der Waals surface area contributed by atoms with Crippen molar-refractivity contribution in [2.24, 2.45) is 0 Å². The van der Waals surface area contributed by atoms with Crippen LogP contribution in [-0.2, 0) is 10.0 Å². The summed E-state index contributed by atoms with van der Waals surface area (Å²) in [5, 5.41) is 0. The summed E-state index contributed by atoms with van der Waals surface area (Å²) in [4.78, 5) is 8.64. The van der Waals surface area contributed by atoms with E-state index in [2.05, 4.69) is 9.97 Å². The van der Waals surface area contributed by atoms with Crippen molar-refractivity contribution in [2.75, 3.05) is 0 Å². The Labute approximate surface area is 110 Å². The largest absolute Gasteiger partial charge is 0.269 e. The maximum absolute atomic E-state index is 12.5. The van der Waals surface area contributed by atoms with Gasteiger partial charge in [-0.2, -0.15) is 0 Å². The van der Waals surface area contributed by atoms with Gasteiger partial charge in [-0.15, -0.1) is 0 Å². The summed E-state index contributed by atoms with van der Waals surface area (Å²) >= 11 is 0. The molecule has 0 aliphatic heterocycles. The van der Waals surface area contributed by atoms with Gasteiger partial charge >= 0.3 is 0 Å². The Kier molecular flexibility index (Phi) is 2.60. The first kappa shape index (κ1) is 11.9. The van der Waals surface area contributed by atoms with Gasteiger partial charge < -0.3 is 0 Å². The van der Waals surface area contributed by atoms with Crippen LogP contribution < -0.4 is 0 Å². The summed E-state index contributed by atoms with van der Waals surface area (Å²) in [7, 11) is -3.62. The number of aryl methyl sites for hydroxylation is 1. The van der Waals surface area contributed by atoms with E-state index in [1.54, 1.807) is 42.6 Å². The summed E-state index contributed by atoms with van der Waals surface area (Å²) < 4.78 is 26.1. The van der Waals surface area contributed by atoms with Crippen LogP contribution in [0.15, 0.2) is 53.7 Å². The second-order valence-corrected chi connectivity index (χ2v) is 5.96. The van der Waals surface area contributed by atoms with Crippen molar-refractivity contribution in [3.63, 3.8) is 0 Å². The number of aromatic nitrogens is 3. The molecule has 2 aromatic heterocycles. The maximum Gasteiger partial charge on any atom is 0.269 e. The molecule has 0 bridgehead atoms. The molecular formula is C13H11N3O2S. The molecule has 0 radical (unpaired) electrons. The maximum atomic E-state index is 12.5. The molecule has 1 aromatic carbocycles. The third kappa shape index (κ3) is 1.90. The fourth-order valence-electron chi connectivity index (χ4n) is 1.88. The van der Waals surface area contributed by atoms with E-state index in [9.17, 15) is 8.42 Å². The molecule has 3 rings (SSSR count). The van der Waals surface area contributed by atoms with E-state index < -0.39 is 10.0 Å². The number of benzene rings is 1. The van der Waals surface area contributed by atoms with Crippen LogP contribution in [0, 0.1) is 6.92 Å². The predicted octanol–water partition coefficient (Wildman–Crippen LogP) is 1.98. The fourth-order valence-corrected chi connectivity index (χ4v) is 3.20. The Hall–Kier alpha value is -2.21. The summed E-state index contributed by atoms with van der Waals surface area (Å²) in [5.41, 5.74) is 1.66. The molecular weight excluding hydrogens is 262 g/mol. The lowest BCUT2D eigenvalue weighted by atomic mass is 10.4. The number of fused-ring (bicyclic) bond motifs is 1. The molecule has 3 aromatic rings. The molecule has 0 saturated heterocycles. The highest BCUT2D eigenvalue weighted by Crippen LogP contribution is 2.19. The normalized spacial score (nSPS) is 11.8. The molecule has 0 amide bonds. The molecule has 96 valence electrons. The lowest BCUT2D eigenvalue weighted by Crippen LogP contribution is -2.12. The standard InChI is InChI=1S/C13H11N3O2S/c1-10-9-14-13-12(15-10)7-8-16(13)19(17,18)11-5-3-2-4-6-11/h2-9H,1H3. The van der Waals surface area contributed by atoms with Crippen LogP contribution in [0.1, 0.15) is 5.69 Å². The summed E-state index contributed by atoms with van der Waals surface area (Å²) in [6.07, 6.45) is 3.03. The van der Waals surface area contributed by atoms with Crippen LogP contribution in [0.5, 0.6) is 0 Å². The van der Waals surface area contributed by atoms with E-state index in [1.165, 1.54) is 6.20 Å². The summed E-state index contributed by atoms with van der Waals surface area (Å²) in [5.74, 6) is 0. The van der Waals surface area contributed by atoms with E-state index in [4.69, 9.17) is 0 Å². The molecule has 0 fully saturated rings. The van der Waals surface area contributed by atoms with Crippen LogP contribution in [0.25, 0.3) is 11.2 Å². The Balaban J connectivity index is 2.25. The number of rotatable bonds is 2. The smallest absolute Gasteiger partial charge is 0.248 e. The van der Waals surface area contributed by atoms with Crippen molar-refractivity contribution >= 4 is 21.2 Å². The first-order valence-corrected chi connectivity index (χ1v) is 7.14. The molecule has 2 heterocycles. The van der Waals surface area contributed by atoms with E-state index in [0.717, 1.165) is 9.67 Å². The number of nitrogens with zero attached hydrogens (tertiary/aromatic N) is 3. The first-order chi connectivity index (χ1) is 9.09. The van der Waals surface area contributed by atoms with Crippen LogP contribution >= 0.6 is 0 Å². The van der Waals surface area contributed by atoms with Crippen molar-refractivity contribution < 1.29 is 8.42 Å². The molecule has 0 saturated carbocycles. The summed E-state index contributed by atoms with van der Waals surface area (Å²) in [6, 6.07) is 9.92. The lowest BCUT2D eigenvalue weighted by Gasteiger charge is -2.06. The monoisotopic (exact) mass is 273 g/mol. The molecule has 6 heteroatoms. The van der Waals surface area contributed by atoms with Crippen molar-refractivity contribution in [3.05, 3.63) is 54.5 Å². The average molecular weight is 273 g/mol. The Bertz CT molecular complexity index is 839. The van der Waals surface area contributed by atoms with E-state index in [0.29, 0.717) is 11.2 Å². The molecule has 0 aliphatic rings. The van der Waals surface area contributed by atoms with Crippen molar-refractivity contribution in [2.45, 2.75) is 11.8 Å². The molecule has 5 nitrogen and oxygen atoms in total. The third-order valence-electron chi connectivity index (χ3n) is 2.78. The second kappa shape index (κ2) is 4.17. The van der Waals surface area contributed by atoms with Gasteiger partial charge in [0.05, 0.1) is 16.8 Å². The van der Waals surface area contributed by atoms with Gasteiger partial charge in [-0.05, 0) is 25.1 Å². The zero-order valence-corrected chi connectivity index (χ0v) is 11.0. The van der Waals surface area contributed by atoms with Crippen LogP contribution in [0.3, 0.4) is 0 Å². The van der Waals surface area contributed by atoms with E-state index in [-0.39, 0.29) is 4.90 Å². The molecule has 0 unspecified atom stereocenters. The van der Waals surface area contributed by atoms with Crippen LogP contribution in [-0.4, -0.2) is 22.4 Å². The Morgan fingerprint density at radius 3 is 2.58 bits per heavy atom. The zero-order valence-electron chi connectivity index (χ0n) is 10.2. The minimum atomic E-state index is -3.62. The highest BCUT2D eigenvalue weighted by molar-refractivity contribution is 7.90. The SMILES string of the molecule is Cc1cnc2c(ccn2S(=O)(=O)c2ccccc2)n1. The van der Waals surface area contributed by atoms with Gasteiger partial charge in [-0.25, -0.2) is 22.4 Å². The quantitative estimate of drug-likeness (QED) is 0.716. The first-order valence-electron chi connectivity index (χ1n) is 5.70. The van der Waals surface area contributed by atoms with Gasteiger partial charge in [0.1, 0.15) is 5.52 Å². The molecule has 19 heavy (non-hydrogen) atoms. The van der Waals surface area contributed by atoms with Gasteiger partial charge in [-0.1, -0.05) is 18.2 Å². The zero-order chi connectivity index (χ0) is 13.5. The fraction of sp³-hybridized carbons (Fsp3) is 0.0769. The molecule has 0 spiro atoms. The van der Waals surface area contributed by atoms with Crippen molar-refractivity contribution in [1.29, 1.82) is 0 Å². The molecule has 0 N–H and O–H groups in total. The van der Waals surface area contributed by atoms with Crippen molar-refractivity contribution in [3.8, 4) is 0 Å². The highest BCUT2D eigenvalue weighted by atomic mass is 32.2. The minimum Gasteiger partial charge on any atom is -0.248 e. The van der Waals surface area contributed by atoms with E-state index >= 15 is 0 Å². The predicted molar refractivity (Wildman–Crippen MR) is 71.3 cm³/mol. The second-order valence-electron chi connectivity index (χ2n) is 4.15. The number of hydrogen-bond acceptors (Lipinski definition) is 4. The van der Waals surface area contributed by atoms with Gasteiger partial charge in [0.25, 0.3) is 10.0 Å². The van der Waals surface area contributed by atoms with Gasteiger partial charge in [0.2, 0.25) is 0 Å². The Morgan fingerprint density at radius 1 is 1.11 bits per heavy atom. The molecule has 0 atom stereocenters. The Morgan fingerprint density at radius 2 is 1.84 bits per heavy atom. The topological polar surface area (TPSA) is 64.8 Å². The minimum absolute atomic E-state index is 0.231. The number of hydrogen-bond donors (Lipinski definition) is 0. The average Bonchev–Trinajstić information content (AvgIpc) is 2.83. The third-order valence-corrected chi connectivity index (χ3v) is 4.46.